The van der Waals surface area contributed by atoms with Crippen molar-refractivity contribution in [2.45, 2.75) is 39.5 Å². The Bertz CT molecular complexity index is 335. The van der Waals surface area contributed by atoms with Gasteiger partial charge in [0.15, 0.2) is 0 Å². The molecule has 0 amide bonds. The van der Waals surface area contributed by atoms with Gasteiger partial charge in [-0.15, -0.1) is 0 Å². The number of hydrogen-bond donors (Lipinski definition) is 0. The number of nitrogens with zero attached hydrogens (tertiary/aromatic N) is 1. The number of aromatic nitrogens is 1. The lowest BCUT2D eigenvalue weighted by Crippen LogP contribution is -2.17. The van der Waals surface area contributed by atoms with Crippen LogP contribution < -0.4 is 0 Å². The molecule has 0 saturated carbocycles. The van der Waals surface area contributed by atoms with E-state index in [1.54, 1.807) is 6.20 Å². The minimum atomic E-state index is -0.224. The average Bonchev–Trinajstić information content (AvgIpc) is 2.30. The summed E-state index contributed by atoms with van der Waals surface area (Å²) in [7, 11) is 0. The number of pyridine rings is 1. The molecule has 0 aliphatic rings. The van der Waals surface area contributed by atoms with Gasteiger partial charge in [0.05, 0.1) is 18.2 Å². The second kappa shape index (κ2) is 7.05. The highest BCUT2D eigenvalue weighted by Crippen LogP contribution is 2.23. The zero-order valence-electron chi connectivity index (χ0n) is 10.8. The molecule has 1 aromatic rings. The maximum Gasteiger partial charge on any atom is 0.315 e. The van der Waals surface area contributed by atoms with Gasteiger partial charge < -0.3 is 4.74 Å². The molecule has 1 rings (SSSR count). The predicted molar refractivity (Wildman–Crippen MR) is 67.7 cm³/mol. The molecule has 0 aliphatic heterocycles. The number of carbonyl (C=O) groups is 1. The first-order valence-electron chi connectivity index (χ1n) is 6.22. The minimum Gasteiger partial charge on any atom is -0.465 e. The number of esters is 1. The van der Waals surface area contributed by atoms with Crippen LogP contribution in [0.2, 0.25) is 0 Å². The molecule has 3 nitrogen and oxygen atoms in total. The van der Waals surface area contributed by atoms with E-state index in [4.69, 9.17) is 4.74 Å². The smallest absolute Gasteiger partial charge is 0.315 e. The lowest BCUT2D eigenvalue weighted by molar-refractivity contribution is -0.145. The van der Waals surface area contributed by atoms with Gasteiger partial charge in [-0.2, -0.15) is 0 Å². The molecule has 1 unspecified atom stereocenters. The third kappa shape index (κ3) is 4.55. The average molecular weight is 235 g/mol. The zero-order chi connectivity index (χ0) is 12.7. The van der Waals surface area contributed by atoms with E-state index in [1.807, 2.05) is 25.1 Å². The summed E-state index contributed by atoms with van der Waals surface area (Å²) in [6.07, 6.45) is 3.52. The number of rotatable bonds is 6. The molecule has 0 fully saturated rings. The molecule has 3 heteroatoms. The Kier molecular flexibility index (Phi) is 5.67. The van der Waals surface area contributed by atoms with Crippen LogP contribution in [0, 0.1) is 5.92 Å². The van der Waals surface area contributed by atoms with E-state index >= 15 is 0 Å². The van der Waals surface area contributed by atoms with Gasteiger partial charge in [-0.05, 0) is 37.8 Å². The van der Waals surface area contributed by atoms with Crippen LogP contribution in [0.4, 0.5) is 0 Å². The first-order chi connectivity index (χ1) is 8.15. The molecule has 0 N–H and O–H groups in total. The largest absolute Gasteiger partial charge is 0.465 e. The van der Waals surface area contributed by atoms with Crippen molar-refractivity contribution >= 4 is 5.97 Å². The van der Waals surface area contributed by atoms with Crippen LogP contribution >= 0.6 is 0 Å². The summed E-state index contributed by atoms with van der Waals surface area (Å²) in [6.45, 7) is 6.56. The summed E-state index contributed by atoms with van der Waals surface area (Å²) < 4.78 is 5.11. The molecular weight excluding hydrogens is 214 g/mol. The molecule has 1 atom stereocenters. The van der Waals surface area contributed by atoms with Crippen molar-refractivity contribution in [1.82, 2.24) is 4.98 Å². The second-order valence-electron chi connectivity index (χ2n) is 4.53. The van der Waals surface area contributed by atoms with Crippen LogP contribution in [0.5, 0.6) is 0 Å². The Balaban J connectivity index is 2.75. The second-order valence-corrected chi connectivity index (χ2v) is 4.53. The van der Waals surface area contributed by atoms with Crippen molar-refractivity contribution in [1.29, 1.82) is 0 Å². The highest BCUT2D eigenvalue weighted by Gasteiger charge is 2.22. The van der Waals surface area contributed by atoms with Crippen molar-refractivity contribution in [3.8, 4) is 0 Å². The monoisotopic (exact) mass is 235 g/mol. The van der Waals surface area contributed by atoms with Crippen LogP contribution in [-0.2, 0) is 9.53 Å². The van der Waals surface area contributed by atoms with Gasteiger partial charge in [-0.25, -0.2) is 0 Å². The normalized spacial score (nSPS) is 12.5. The fraction of sp³-hybridized carbons (Fsp3) is 0.571. The van der Waals surface area contributed by atoms with Crippen LogP contribution in [0.15, 0.2) is 24.4 Å². The Morgan fingerprint density at radius 3 is 2.65 bits per heavy atom. The topological polar surface area (TPSA) is 39.2 Å². The van der Waals surface area contributed by atoms with E-state index in [2.05, 4.69) is 18.8 Å². The lowest BCUT2D eigenvalue weighted by Gasteiger charge is -2.15. The van der Waals surface area contributed by atoms with Gasteiger partial charge in [0.2, 0.25) is 0 Å². The molecule has 1 aromatic heterocycles. The summed E-state index contributed by atoms with van der Waals surface area (Å²) >= 11 is 0. The summed E-state index contributed by atoms with van der Waals surface area (Å²) in [5, 5.41) is 0. The quantitative estimate of drug-likeness (QED) is 0.711. The van der Waals surface area contributed by atoms with E-state index in [-0.39, 0.29) is 11.9 Å². The van der Waals surface area contributed by atoms with Gasteiger partial charge in [0.1, 0.15) is 0 Å². The molecule has 1 heterocycles. The van der Waals surface area contributed by atoms with Crippen LogP contribution in [-0.4, -0.2) is 17.6 Å². The van der Waals surface area contributed by atoms with Crippen LogP contribution in [0.3, 0.4) is 0 Å². The Morgan fingerprint density at radius 1 is 1.35 bits per heavy atom. The van der Waals surface area contributed by atoms with Crippen LogP contribution in [0.25, 0.3) is 0 Å². The van der Waals surface area contributed by atoms with E-state index in [0.29, 0.717) is 12.5 Å². The summed E-state index contributed by atoms with van der Waals surface area (Å²) in [5.74, 6) is 0.195. The van der Waals surface area contributed by atoms with Crippen molar-refractivity contribution in [3.63, 3.8) is 0 Å². The first kappa shape index (κ1) is 13.7. The van der Waals surface area contributed by atoms with Crippen LogP contribution in [0.1, 0.15) is 45.2 Å². The first-order valence-corrected chi connectivity index (χ1v) is 6.22. The van der Waals surface area contributed by atoms with Crippen molar-refractivity contribution in [2.24, 2.45) is 5.92 Å². The SMILES string of the molecule is CCOC(=O)C(CCC(C)C)c1ccccn1. The van der Waals surface area contributed by atoms with E-state index < -0.39 is 0 Å². The molecule has 0 saturated heterocycles. The minimum absolute atomic E-state index is 0.160. The summed E-state index contributed by atoms with van der Waals surface area (Å²) in [5.41, 5.74) is 0.812. The Labute approximate surface area is 103 Å². The number of ether oxygens (including phenoxy) is 1. The van der Waals surface area contributed by atoms with E-state index in [9.17, 15) is 4.79 Å². The summed E-state index contributed by atoms with van der Waals surface area (Å²) in [6, 6.07) is 5.65. The fourth-order valence-corrected chi connectivity index (χ4v) is 1.71. The molecular formula is C14H21NO2. The molecule has 17 heavy (non-hydrogen) atoms. The van der Waals surface area contributed by atoms with Gasteiger partial charge in [0.25, 0.3) is 0 Å². The van der Waals surface area contributed by atoms with Crippen molar-refractivity contribution in [3.05, 3.63) is 30.1 Å². The standard InChI is InChI=1S/C14H21NO2/c1-4-17-14(16)12(9-8-11(2)3)13-7-5-6-10-15-13/h5-7,10-12H,4,8-9H2,1-3H3. The van der Waals surface area contributed by atoms with E-state index in [0.717, 1.165) is 18.5 Å². The predicted octanol–water partition coefficient (Wildman–Crippen LogP) is 3.16. The maximum atomic E-state index is 11.9. The van der Waals surface area contributed by atoms with E-state index in [1.165, 1.54) is 0 Å². The maximum absolute atomic E-state index is 11.9. The third-order valence-electron chi connectivity index (χ3n) is 2.65. The highest BCUT2D eigenvalue weighted by molar-refractivity contribution is 5.77. The lowest BCUT2D eigenvalue weighted by atomic mass is 9.95. The van der Waals surface area contributed by atoms with Crippen molar-refractivity contribution in [2.75, 3.05) is 6.61 Å². The van der Waals surface area contributed by atoms with Gasteiger partial charge in [0, 0.05) is 6.20 Å². The van der Waals surface area contributed by atoms with Gasteiger partial charge >= 0.3 is 5.97 Å². The molecule has 94 valence electrons. The molecule has 0 aromatic carbocycles. The molecule has 0 radical (unpaired) electrons. The Hall–Kier alpha value is -1.38. The zero-order valence-corrected chi connectivity index (χ0v) is 10.8. The Morgan fingerprint density at radius 2 is 2.12 bits per heavy atom. The van der Waals surface area contributed by atoms with Gasteiger partial charge in [-0.1, -0.05) is 19.9 Å². The fourth-order valence-electron chi connectivity index (χ4n) is 1.71. The molecule has 0 aliphatic carbocycles. The number of carbonyl (C=O) groups excluding carboxylic acids is 1. The summed E-state index contributed by atoms with van der Waals surface area (Å²) in [4.78, 5) is 16.2. The highest BCUT2D eigenvalue weighted by atomic mass is 16.5. The van der Waals surface area contributed by atoms with Crippen molar-refractivity contribution < 1.29 is 9.53 Å². The molecule has 0 bridgehead atoms. The van der Waals surface area contributed by atoms with Gasteiger partial charge in [-0.3, -0.25) is 9.78 Å². The number of hydrogen-bond acceptors (Lipinski definition) is 3. The molecule has 0 spiro atoms. The third-order valence-corrected chi connectivity index (χ3v) is 2.65.